The van der Waals surface area contributed by atoms with E-state index in [-0.39, 0.29) is 27.1 Å². The number of hydrogen-bond donors (Lipinski definition) is 1. The van der Waals surface area contributed by atoms with Gasteiger partial charge in [0, 0.05) is 37.0 Å². The third-order valence-electron chi connectivity index (χ3n) is 4.13. The first-order valence-electron chi connectivity index (χ1n) is 7.95. The third-order valence-corrected chi connectivity index (χ3v) is 6.54. The van der Waals surface area contributed by atoms with E-state index in [1.807, 2.05) is 0 Å². The van der Waals surface area contributed by atoms with Gasteiger partial charge in [-0.25, -0.2) is 0 Å². The number of aliphatic carboxylic acids is 1. The van der Waals surface area contributed by atoms with E-state index in [0.717, 1.165) is 23.9 Å². The van der Waals surface area contributed by atoms with Crippen LogP contribution in [0.4, 0.5) is 13.2 Å². The molecule has 4 nitrogen and oxygen atoms in total. The zero-order valence-electron chi connectivity index (χ0n) is 14.3. The quantitative estimate of drug-likeness (QED) is 0.449. The Hall–Kier alpha value is -1.42. The molecule has 1 N–H and O–H groups in total. The molecule has 0 radical (unpaired) electrons. The fraction of sp³-hybridized carbons (Fsp3) is 0.222. The van der Waals surface area contributed by atoms with E-state index >= 15 is 0 Å². The fourth-order valence-electron chi connectivity index (χ4n) is 2.78. The second-order valence-corrected chi connectivity index (χ2v) is 8.86. The van der Waals surface area contributed by atoms with E-state index in [9.17, 15) is 18.0 Å². The van der Waals surface area contributed by atoms with Crippen LogP contribution in [0.5, 0.6) is 0 Å². The Labute approximate surface area is 186 Å². The lowest BCUT2D eigenvalue weighted by Crippen LogP contribution is -2.42. The van der Waals surface area contributed by atoms with Crippen molar-refractivity contribution in [3.05, 3.63) is 62.0 Å². The second kappa shape index (κ2) is 8.37. The van der Waals surface area contributed by atoms with Crippen LogP contribution in [0.25, 0.3) is 0 Å². The highest BCUT2D eigenvalue weighted by Crippen LogP contribution is 2.49. The molecule has 0 saturated heterocycles. The highest BCUT2D eigenvalue weighted by Gasteiger charge is 2.62. The zero-order valence-corrected chi connectivity index (χ0v) is 18.2. The first-order valence-corrected chi connectivity index (χ1v) is 10.5. The summed E-state index contributed by atoms with van der Waals surface area (Å²) < 4.78 is 42.6. The lowest BCUT2D eigenvalue weighted by atomic mass is 9.86. The molecule has 2 aromatic rings. The summed E-state index contributed by atoms with van der Waals surface area (Å²) in [4.78, 5) is 16.3. The van der Waals surface area contributed by atoms with Gasteiger partial charge in [-0.2, -0.15) is 13.2 Å². The van der Waals surface area contributed by atoms with E-state index in [2.05, 4.69) is 21.1 Å². The molecule has 0 aliphatic carbocycles. The van der Waals surface area contributed by atoms with Gasteiger partial charge >= 0.3 is 12.1 Å². The van der Waals surface area contributed by atoms with Gasteiger partial charge in [0.15, 0.2) is 0 Å². The minimum atomic E-state index is -4.78. The summed E-state index contributed by atoms with van der Waals surface area (Å²) in [6.45, 7) is 0. The van der Waals surface area contributed by atoms with Crippen molar-refractivity contribution in [1.29, 1.82) is 0 Å². The molecule has 0 amide bonds. The Morgan fingerprint density at radius 2 is 1.90 bits per heavy atom. The number of oxime groups is 1. The summed E-state index contributed by atoms with van der Waals surface area (Å²) in [5, 5.41) is 12.6. The molecule has 1 atom stereocenters. The first-order chi connectivity index (χ1) is 13.5. The zero-order chi connectivity index (χ0) is 21.4. The van der Waals surface area contributed by atoms with Crippen molar-refractivity contribution in [2.75, 3.05) is 5.75 Å². The Balaban J connectivity index is 1.93. The molecule has 2 aromatic carbocycles. The molecular weight excluding hydrogens is 518 g/mol. The summed E-state index contributed by atoms with van der Waals surface area (Å²) in [6, 6.07) is 8.39. The number of carbonyl (C=O) groups is 1. The van der Waals surface area contributed by atoms with Gasteiger partial charge in [-0.3, -0.25) is 4.79 Å². The third kappa shape index (κ3) is 4.68. The number of halogens is 6. The van der Waals surface area contributed by atoms with Gasteiger partial charge in [0.2, 0.25) is 0 Å². The van der Waals surface area contributed by atoms with Gasteiger partial charge in [-0.15, -0.1) is 11.8 Å². The van der Waals surface area contributed by atoms with Crippen molar-refractivity contribution >= 4 is 62.6 Å². The Kier molecular flexibility index (Phi) is 6.43. The van der Waals surface area contributed by atoms with Crippen molar-refractivity contribution in [3.8, 4) is 0 Å². The minimum Gasteiger partial charge on any atom is -0.481 e. The molecular formula is C18H11BrCl2F3NO3S. The van der Waals surface area contributed by atoms with Crippen LogP contribution in [0.3, 0.4) is 0 Å². The maximum atomic E-state index is 14.0. The van der Waals surface area contributed by atoms with Crippen LogP contribution < -0.4 is 0 Å². The van der Waals surface area contributed by atoms with Crippen LogP contribution in [0.15, 0.2) is 50.9 Å². The summed E-state index contributed by atoms with van der Waals surface area (Å²) in [6.07, 6.45) is -5.35. The number of rotatable bonds is 5. The van der Waals surface area contributed by atoms with Crippen LogP contribution in [-0.4, -0.2) is 28.7 Å². The van der Waals surface area contributed by atoms with Crippen molar-refractivity contribution in [1.82, 2.24) is 0 Å². The van der Waals surface area contributed by atoms with Gasteiger partial charge in [0.25, 0.3) is 5.60 Å². The number of carboxylic acids is 1. The summed E-state index contributed by atoms with van der Waals surface area (Å²) in [7, 11) is 0. The first kappa shape index (κ1) is 22.3. The monoisotopic (exact) mass is 527 g/mol. The normalized spacial score (nSPS) is 19.0. The second-order valence-electron chi connectivity index (χ2n) is 6.12. The smallest absolute Gasteiger partial charge is 0.435 e. The maximum Gasteiger partial charge on any atom is 0.435 e. The molecule has 1 aliphatic heterocycles. The highest BCUT2D eigenvalue weighted by molar-refractivity contribution is 9.10. The molecule has 0 saturated carbocycles. The minimum absolute atomic E-state index is 0.0516. The van der Waals surface area contributed by atoms with E-state index in [0.29, 0.717) is 14.9 Å². The van der Waals surface area contributed by atoms with Gasteiger partial charge in [0.05, 0.1) is 11.5 Å². The largest absolute Gasteiger partial charge is 0.481 e. The number of hydrogen-bond acceptors (Lipinski definition) is 4. The van der Waals surface area contributed by atoms with E-state index in [4.69, 9.17) is 33.1 Å². The lowest BCUT2D eigenvalue weighted by molar-refractivity contribution is -0.275. The summed E-state index contributed by atoms with van der Waals surface area (Å²) in [5.41, 5.74) is -2.45. The number of nitrogens with zero attached hydrogens (tertiary/aromatic N) is 1. The van der Waals surface area contributed by atoms with Crippen molar-refractivity contribution in [2.24, 2.45) is 5.16 Å². The Morgan fingerprint density at radius 3 is 2.45 bits per heavy atom. The van der Waals surface area contributed by atoms with Crippen LogP contribution >= 0.6 is 50.9 Å². The van der Waals surface area contributed by atoms with Crippen LogP contribution in [0.2, 0.25) is 10.0 Å². The number of benzene rings is 2. The lowest BCUT2D eigenvalue weighted by Gasteiger charge is -2.29. The van der Waals surface area contributed by atoms with Crippen molar-refractivity contribution < 1.29 is 27.9 Å². The van der Waals surface area contributed by atoms with Crippen LogP contribution in [0, 0.1) is 0 Å². The van der Waals surface area contributed by atoms with Crippen LogP contribution in [-0.2, 0) is 15.2 Å². The number of alkyl halides is 3. The SMILES string of the molecule is O=C(O)CSc1ccc(C2=NO[C@@](c3cc(Cl)cc(Cl)c3)(C(F)(F)F)C2)cc1Br. The number of carboxylic acid groups (broad SMARTS) is 1. The van der Waals surface area contributed by atoms with Gasteiger partial charge in [-0.1, -0.05) is 34.4 Å². The standard InChI is InChI=1S/C18H11BrCl2F3NO3S/c19-13-3-9(1-2-15(13)29-8-16(26)27)14-7-17(28-25-14,18(22,23)24)10-4-11(20)6-12(21)5-10/h1-6H,7-8H2,(H,26,27)/t17-/m0/s1. The highest BCUT2D eigenvalue weighted by atomic mass is 79.9. The molecule has 3 rings (SSSR count). The van der Waals surface area contributed by atoms with Crippen molar-refractivity contribution in [2.45, 2.75) is 23.1 Å². The Bertz CT molecular complexity index is 983. The van der Waals surface area contributed by atoms with Crippen molar-refractivity contribution in [3.63, 3.8) is 0 Å². The molecule has 1 heterocycles. The molecule has 0 bridgehead atoms. The molecule has 29 heavy (non-hydrogen) atoms. The van der Waals surface area contributed by atoms with E-state index < -0.39 is 24.2 Å². The van der Waals surface area contributed by atoms with Gasteiger partial charge < -0.3 is 9.94 Å². The molecule has 154 valence electrons. The fourth-order valence-corrected chi connectivity index (χ4v) is 4.67. The molecule has 0 aromatic heterocycles. The van der Waals surface area contributed by atoms with Crippen LogP contribution in [0.1, 0.15) is 17.5 Å². The van der Waals surface area contributed by atoms with Gasteiger partial charge in [-0.05, 0) is 46.3 Å². The van der Waals surface area contributed by atoms with E-state index in [1.54, 1.807) is 18.2 Å². The topological polar surface area (TPSA) is 58.9 Å². The van der Waals surface area contributed by atoms with Gasteiger partial charge in [0.1, 0.15) is 0 Å². The summed E-state index contributed by atoms with van der Waals surface area (Å²) >= 11 is 16.2. The predicted molar refractivity (Wildman–Crippen MR) is 109 cm³/mol. The summed E-state index contributed by atoms with van der Waals surface area (Å²) in [5.74, 6) is -1.12. The molecule has 11 heteroatoms. The predicted octanol–water partition coefficient (Wildman–Crippen LogP) is 6.51. The average Bonchev–Trinajstić information content (AvgIpc) is 3.06. The molecule has 0 spiro atoms. The Morgan fingerprint density at radius 1 is 1.24 bits per heavy atom. The van der Waals surface area contributed by atoms with E-state index in [1.165, 1.54) is 6.07 Å². The molecule has 1 aliphatic rings. The number of thioether (sulfide) groups is 1. The maximum absolute atomic E-state index is 14.0. The molecule has 0 unspecified atom stereocenters. The average molecular weight is 529 g/mol. The molecule has 0 fully saturated rings.